The average Bonchev–Trinajstić information content (AvgIpc) is 3.35. The summed E-state index contributed by atoms with van der Waals surface area (Å²) in [4.78, 5) is 15.7. The van der Waals surface area contributed by atoms with E-state index >= 15 is 0 Å². The third kappa shape index (κ3) is 4.31. The topological polar surface area (TPSA) is 75.9 Å². The molecule has 0 radical (unpaired) electrons. The Morgan fingerprint density at radius 1 is 1.17 bits per heavy atom. The summed E-state index contributed by atoms with van der Waals surface area (Å²) in [5.74, 6) is 0.456. The lowest BCUT2D eigenvalue weighted by molar-refractivity contribution is -0.137. The second-order valence-corrected chi connectivity index (χ2v) is 7.41. The van der Waals surface area contributed by atoms with Gasteiger partial charge in [0.15, 0.2) is 5.82 Å². The molecule has 0 fully saturated rings. The fraction of sp³-hybridized carbons (Fsp3) is 0.474. The molecule has 2 aromatic rings. The molecule has 4 rings (SSSR count). The lowest BCUT2D eigenvalue weighted by atomic mass is 9.99. The number of aryl methyl sites for hydroxylation is 2. The summed E-state index contributed by atoms with van der Waals surface area (Å²) in [7, 11) is 0. The molecule has 7 nitrogen and oxygen atoms in total. The monoisotopic (exact) mass is 406 g/mol. The van der Waals surface area contributed by atoms with Crippen LogP contribution in [0, 0.1) is 6.92 Å². The summed E-state index contributed by atoms with van der Waals surface area (Å²) >= 11 is 0. The number of aromatic nitrogens is 4. The van der Waals surface area contributed by atoms with Crippen LogP contribution < -0.4 is 5.32 Å². The Morgan fingerprint density at radius 2 is 1.90 bits per heavy atom. The number of hydrogen-bond acceptors (Lipinski definition) is 5. The Labute approximate surface area is 165 Å². The molecule has 154 valence electrons. The van der Waals surface area contributed by atoms with Gasteiger partial charge in [-0.3, -0.25) is 4.79 Å². The van der Waals surface area contributed by atoms with E-state index in [0.717, 1.165) is 25.2 Å². The number of tetrazole rings is 1. The summed E-state index contributed by atoms with van der Waals surface area (Å²) in [6.45, 7) is 4.66. The Hall–Kier alpha value is -2.75. The number of halogens is 3. The normalized spacial score (nSPS) is 16.6. The van der Waals surface area contributed by atoms with Crippen LogP contribution in [-0.4, -0.2) is 57.2 Å². The second kappa shape index (κ2) is 7.58. The highest BCUT2D eigenvalue weighted by Gasteiger charge is 2.31. The van der Waals surface area contributed by atoms with E-state index in [1.807, 2.05) is 4.90 Å². The summed E-state index contributed by atoms with van der Waals surface area (Å²) in [5.41, 5.74) is 2.95. The maximum Gasteiger partial charge on any atom is 0.416 e. The maximum absolute atomic E-state index is 13.2. The van der Waals surface area contributed by atoms with Crippen LogP contribution >= 0.6 is 0 Å². The molecule has 0 saturated heterocycles. The number of hydrogen-bond donors (Lipinski definition) is 1. The van der Waals surface area contributed by atoms with Crippen molar-refractivity contribution in [3.63, 3.8) is 0 Å². The minimum atomic E-state index is -4.44. The number of nitrogens with one attached hydrogen (secondary N) is 1. The quantitative estimate of drug-likeness (QED) is 0.766. The number of carbonyl (C=O) groups is 1. The fourth-order valence-electron chi connectivity index (χ4n) is 3.78. The molecule has 0 spiro atoms. The van der Waals surface area contributed by atoms with E-state index in [9.17, 15) is 18.0 Å². The van der Waals surface area contributed by atoms with Gasteiger partial charge in [0.1, 0.15) is 0 Å². The van der Waals surface area contributed by atoms with E-state index in [4.69, 9.17) is 0 Å². The summed E-state index contributed by atoms with van der Waals surface area (Å²) in [6.07, 6.45) is -3.83. The Kier molecular flexibility index (Phi) is 5.12. The lowest BCUT2D eigenvalue weighted by Crippen LogP contribution is -2.32. The minimum Gasteiger partial charge on any atom is -0.335 e. The highest BCUT2D eigenvalue weighted by Crippen LogP contribution is 2.31. The smallest absolute Gasteiger partial charge is 0.335 e. The summed E-state index contributed by atoms with van der Waals surface area (Å²) < 4.78 is 39.5. The first kappa shape index (κ1) is 19.6. The number of rotatable bonds is 5. The third-order valence-corrected chi connectivity index (χ3v) is 5.30. The van der Waals surface area contributed by atoms with Gasteiger partial charge >= 0.3 is 6.18 Å². The number of benzene rings is 1. The first-order valence-electron chi connectivity index (χ1n) is 9.41. The van der Waals surface area contributed by atoms with Crippen LogP contribution in [0.15, 0.2) is 29.3 Å². The van der Waals surface area contributed by atoms with Crippen molar-refractivity contribution in [2.24, 2.45) is 0 Å². The van der Waals surface area contributed by atoms with Crippen molar-refractivity contribution in [3.8, 4) is 0 Å². The summed E-state index contributed by atoms with van der Waals surface area (Å²) in [6, 6.07) is 3.61. The number of amides is 1. The predicted molar refractivity (Wildman–Crippen MR) is 97.9 cm³/mol. The molecular formula is C19H21F3N6O. The van der Waals surface area contributed by atoms with E-state index in [-0.39, 0.29) is 18.9 Å². The molecule has 0 saturated carbocycles. The molecule has 3 heterocycles. The average molecular weight is 406 g/mol. The van der Waals surface area contributed by atoms with Gasteiger partial charge in [0.05, 0.1) is 12.1 Å². The zero-order valence-corrected chi connectivity index (χ0v) is 16.0. The second-order valence-electron chi connectivity index (χ2n) is 7.41. The fourth-order valence-corrected chi connectivity index (χ4v) is 3.78. The van der Waals surface area contributed by atoms with Gasteiger partial charge in [0.2, 0.25) is 5.91 Å². The van der Waals surface area contributed by atoms with Crippen molar-refractivity contribution < 1.29 is 18.0 Å². The Morgan fingerprint density at radius 3 is 2.52 bits per heavy atom. The van der Waals surface area contributed by atoms with Gasteiger partial charge in [-0.25, -0.2) is 0 Å². The van der Waals surface area contributed by atoms with Crippen molar-refractivity contribution in [2.45, 2.75) is 32.5 Å². The van der Waals surface area contributed by atoms with Crippen molar-refractivity contribution in [2.75, 3.05) is 26.2 Å². The van der Waals surface area contributed by atoms with Gasteiger partial charge in [-0.1, -0.05) is 6.07 Å². The molecule has 1 N–H and O–H groups in total. The SMILES string of the molecule is Cc1nnn(Cc2cc(C(F)(F)F)ccc2CCC(=O)N2CC3=C(CNC3)C2)n1. The predicted octanol–water partition coefficient (Wildman–Crippen LogP) is 1.72. The molecular weight excluding hydrogens is 385 g/mol. The molecule has 1 amide bonds. The standard InChI is InChI=1S/C19H21F3N6O/c1-12-24-26-28(25-12)11-14-6-17(19(20,21)22)4-2-13(14)3-5-18(29)27-9-15-7-23-8-16(15)10-27/h2,4,6,23H,3,5,7-11H2,1H3. The van der Waals surface area contributed by atoms with Crippen molar-refractivity contribution in [3.05, 3.63) is 51.9 Å². The van der Waals surface area contributed by atoms with Gasteiger partial charge in [0, 0.05) is 32.6 Å². The van der Waals surface area contributed by atoms with Crippen LogP contribution in [0.1, 0.15) is 28.9 Å². The van der Waals surface area contributed by atoms with Crippen molar-refractivity contribution in [1.29, 1.82) is 0 Å². The highest BCUT2D eigenvalue weighted by molar-refractivity contribution is 5.78. The zero-order chi connectivity index (χ0) is 20.6. The first-order chi connectivity index (χ1) is 13.8. The van der Waals surface area contributed by atoms with Gasteiger partial charge in [0.25, 0.3) is 0 Å². The van der Waals surface area contributed by atoms with Gasteiger partial charge in [-0.05, 0) is 53.0 Å². The van der Waals surface area contributed by atoms with Crippen LogP contribution in [0.25, 0.3) is 0 Å². The third-order valence-electron chi connectivity index (χ3n) is 5.30. The molecule has 0 atom stereocenters. The van der Waals surface area contributed by atoms with Gasteiger partial charge in [-0.2, -0.15) is 18.0 Å². The molecule has 0 bridgehead atoms. The molecule has 1 aromatic carbocycles. The largest absolute Gasteiger partial charge is 0.416 e. The Balaban J connectivity index is 1.47. The van der Waals surface area contributed by atoms with Gasteiger partial charge in [-0.15, -0.1) is 10.2 Å². The van der Waals surface area contributed by atoms with Crippen LogP contribution in [0.5, 0.6) is 0 Å². The highest BCUT2D eigenvalue weighted by atomic mass is 19.4. The van der Waals surface area contributed by atoms with Crippen molar-refractivity contribution >= 4 is 5.91 Å². The molecule has 2 aliphatic heterocycles. The molecule has 10 heteroatoms. The molecule has 0 unspecified atom stereocenters. The minimum absolute atomic E-state index is 0.0139. The van der Waals surface area contributed by atoms with E-state index in [1.54, 1.807) is 6.92 Å². The van der Waals surface area contributed by atoms with Crippen LogP contribution in [0.2, 0.25) is 0 Å². The van der Waals surface area contributed by atoms with Crippen LogP contribution in [-0.2, 0) is 23.9 Å². The molecule has 29 heavy (non-hydrogen) atoms. The zero-order valence-electron chi connectivity index (χ0n) is 16.0. The first-order valence-corrected chi connectivity index (χ1v) is 9.41. The number of nitrogens with zero attached hydrogens (tertiary/aromatic N) is 5. The maximum atomic E-state index is 13.2. The van der Waals surface area contributed by atoms with Gasteiger partial charge < -0.3 is 10.2 Å². The molecule has 2 aliphatic rings. The van der Waals surface area contributed by atoms with Crippen LogP contribution in [0.3, 0.4) is 0 Å². The van der Waals surface area contributed by atoms with E-state index < -0.39 is 11.7 Å². The van der Waals surface area contributed by atoms with E-state index in [2.05, 4.69) is 20.7 Å². The summed E-state index contributed by atoms with van der Waals surface area (Å²) in [5, 5.41) is 14.9. The number of alkyl halides is 3. The van der Waals surface area contributed by atoms with E-state index in [0.29, 0.717) is 36.5 Å². The lowest BCUT2D eigenvalue weighted by Gasteiger charge is -2.19. The van der Waals surface area contributed by atoms with E-state index in [1.165, 1.54) is 22.0 Å². The number of carbonyl (C=O) groups excluding carboxylic acids is 1. The van der Waals surface area contributed by atoms with Crippen LogP contribution in [0.4, 0.5) is 13.2 Å². The molecule has 1 aromatic heterocycles. The van der Waals surface area contributed by atoms with Crippen molar-refractivity contribution in [1.82, 2.24) is 30.4 Å². The Bertz CT molecular complexity index is 949. The molecule has 0 aliphatic carbocycles.